The summed E-state index contributed by atoms with van der Waals surface area (Å²) in [6.07, 6.45) is 2.36. The van der Waals surface area contributed by atoms with Gasteiger partial charge in [-0.05, 0) is 24.2 Å². The minimum absolute atomic E-state index is 0.119. The molecule has 0 fully saturated rings. The van der Waals surface area contributed by atoms with Gasteiger partial charge < -0.3 is 5.32 Å². The summed E-state index contributed by atoms with van der Waals surface area (Å²) in [7, 11) is 0. The molecule has 1 aromatic carbocycles. The van der Waals surface area contributed by atoms with E-state index in [-0.39, 0.29) is 6.04 Å². The van der Waals surface area contributed by atoms with E-state index < -0.39 is 11.6 Å². The molecular weight excluding hydrogens is 254 g/mol. The first-order valence-electron chi connectivity index (χ1n) is 5.76. The molecule has 0 spiro atoms. The SMILES string of the molecule is CCNC(Cc1nccs1)c1cc(F)cc(F)c1. The number of rotatable bonds is 5. The zero-order chi connectivity index (χ0) is 13.0. The van der Waals surface area contributed by atoms with Crippen LogP contribution in [0.3, 0.4) is 0 Å². The van der Waals surface area contributed by atoms with E-state index in [0.717, 1.165) is 17.6 Å². The summed E-state index contributed by atoms with van der Waals surface area (Å²) in [4.78, 5) is 4.20. The van der Waals surface area contributed by atoms with E-state index in [2.05, 4.69) is 10.3 Å². The van der Waals surface area contributed by atoms with E-state index in [4.69, 9.17) is 0 Å². The molecule has 0 saturated heterocycles. The molecule has 0 amide bonds. The molecule has 0 aliphatic heterocycles. The summed E-state index contributed by atoms with van der Waals surface area (Å²) in [6, 6.07) is 3.50. The summed E-state index contributed by atoms with van der Waals surface area (Å²) in [5, 5.41) is 6.07. The van der Waals surface area contributed by atoms with E-state index in [9.17, 15) is 8.78 Å². The molecule has 18 heavy (non-hydrogen) atoms. The minimum Gasteiger partial charge on any atom is -0.310 e. The van der Waals surface area contributed by atoms with Crippen LogP contribution in [0.2, 0.25) is 0 Å². The van der Waals surface area contributed by atoms with Crippen LogP contribution in [0.4, 0.5) is 8.78 Å². The van der Waals surface area contributed by atoms with E-state index in [1.54, 1.807) is 17.5 Å². The highest BCUT2D eigenvalue weighted by atomic mass is 32.1. The third-order valence-corrected chi connectivity index (χ3v) is 3.40. The molecule has 0 aliphatic rings. The van der Waals surface area contributed by atoms with Gasteiger partial charge in [-0.1, -0.05) is 6.92 Å². The van der Waals surface area contributed by atoms with Gasteiger partial charge >= 0.3 is 0 Å². The van der Waals surface area contributed by atoms with Crippen LogP contribution in [0.25, 0.3) is 0 Å². The van der Waals surface area contributed by atoms with Crippen LogP contribution in [-0.2, 0) is 6.42 Å². The van der Waals surface area contributed by atoms with Crippen LogP contribution < -0.4 is 5.32 Å². The van der Waals surface area contributed by atoms with Gasteiger partial charge in [0.15, 0.2) is 0 Å². The molecule has 2 aromatic rings. The normalized spacial score (nSPS) is 12.6. The highest BCUT2D eigenvalue weighted by Crippen LogP contribution is 2.21. The van der Waals surface area contributed by atoms with Gasteiger partial charge in [0.25, 0.3) is 0 Å². The number of thiazole rings is 1. The number of nitrogens with one attached hydrogen (secondary N) is 1. The van der Waals surface area contributed by atoms with Gasteiger partial charge in [-0.25, -0.2) is 13.8 Å². The average molecular weight is 268 g/mol. The summed E-state index contributed by atoms with van der Waals surface area (Å²) in [6.45, 7) is 2.69. The van der Waals surface area contributed by atoms with Crippen LogP contribution >= 0.6 is 11.3 Å². The third kappa shape index (κ3) is 3.34. The lowest BCUT2D eigenvalue weighted by atomic mass is 10.0. The molecule has 0 saturated carbocycles. The van der Waals surface area contributed by atoms with E-state index in [0.29, 0.717) is 12.0 Å². The van der Waals surface area contributed by atoms with Crippen molar-refractivity contribution in [2.24, 2.45) is 0 Å². The fourth-order valence-electron chi connectivity index (χ4n) is 1.86. The summed E-state index contributed by atoms with van der Waals surface area (Å²) in [5.41, 5.74) is 0.615. The quantitative estimate of drug-likeness (QED) is 0.900. The van der Waals surface area contributed by atoms with Crippen LogP contribution in [0, 0.1) is 11.6 Å². The second kappa shape index (κ2) is 6.02. The lowest BCUT2D eigenvalue weighted by Crippen LogP contribution is -2.23. The Kier molecular flexibility index (Phi) is 4.38. The number of halogens is 2. The monoisotopic (exact) mass is 268 g/mol. The van der Waals surface area contributed by atoms with Crippen molar-refractivity contribution < 1.29 is 8.78 Å². The summed E-state index contributed by atoms with van der Waals surface area (Å²) < 4.78 is 26.5. The molecule has 5 heteroatoms. The van der Waals surface area contributed by atoms with Crippen LogP contribution in [-0.4, -0.2) is 11.5 Å². The van der Waals surface area contributed by atoms with E-state index in [1.807, 2.05) is 12.3 Å². The second-order valence-electron chi connectivity index (χ2n) is 3.94. The van der Waals surface area contributed by atoms with Crippen molar-refractivity contribution in [3.8, 4) is 0 Å². The minimum atomic E-state index is -0.549. The molecule has 1 N–H and O–H groups in total. The fraction of sp³-hybridized carbons (Fsp3) is 0.308. The second-order valence-corrected chi connectivity index (χ2v) is 4.92. The summed E-state index contributed by atoms with van der Waals surface area (Å²) in [5.74, 6) is -1.10. The Bertz CT molecular complexity index is 479. The van der Waals surface area contributed by atoms with E-state index >= 15 is 0 Å². The maximum Gasteiger partial charge on any atom is 0.126 e. The highest BCUT2D eigenvalue weighted by molar-refractivity contribution is 7.09. The van der Waals surface area contributed by atoms with Gasteiger partial charge in [0.1, 0.15) is 11.6 Å². The molecule has 0 aliphatic carbocycles. The molecule has 2 nitrogen and oxygen atoms in total. The Balaban J connectivity index is 2.23. The van der Waals surface area contributed by atoms with Crippen molar-refractivity contribution in [3.63, 3.8) is 0 Å². The zero-order valence-corrected chi connectivity index (χ0v) is 10.8. The fourth-order valence-corrected chi connectivity index (χ4v) is 2.52. The van der Waals surface area contributed by atoms with Crippen molar-refractivity contribution in [2.75, 3.05) is 6.54 Å². The number of nitrogens with zero attached hydrogens (tertiary/aromatic N) is 1. The van der Waals surface area contributed by atoms with Crippen molar-refractivity contribution in [1.29, 1.82) is 0 Å². The predicted molar refractivity (Wildman–Crippen MR) is 68.6 cm³/mol. The van der Waals surface area contributed by atoms with Gasteiger partial charge in [0, 0.05) is 30.1 Å². The first-order chi connectivity index (χ1) is 8.69. The van der Waals surface area contributed by atoms with Crippen LogP contribution in [0.1, 0.15) is 23.5 Å². The zero-order valence-electron chi connectivity index (χ0n) is 9.99. The van der Waals surface area contributed by atoms with Gasteiger partial charge in [0.05, 0.1) is 5.01 Å². The van der Waals surface area contributed by atoms with Crippen molar-refractivity contribution in [3.05, 3.63) is 52.0 Å². The molecule has 1 heterocycles. The topological polar surface area (TPSA) is 24.9 Å². The highest BCUT2D eigenvalue weighted by Gasteiger charge is 2.14. The predicted octanol–water partition coefficient (Wildman–Crippen LogP) is 3.31. The smallest absolute Gasteiger partial charge is 0.126 e. The average Bonchev–Trinajstić information content (AvgIpc) is 2.80. The number of hydrogen-bond acceptors (Lipinski definition) is 3. The van der Waals surface area contributed by atoms with Crippen molar-refractivity contribution in [2.45, 2.75) is 19.4 Å². The number of benzene rings is 1. The summed E-state index contributed by atoms with van der Waals surface area (Å²) >= 11 is 1.54. The largest absolute Gasteiger partial charge is 0.310 e. The molecule has 1 aromatic heterocycles. The van der Waals surface area contributed by atoms with Crippen molar-refractivity contribution >= 4 is 11.3 Å². The molecule has 1 unspecified atom stereocenters. The van der Waals surface area contributed by atoms with Crippen molar-refractivity contribution in [1.82, 2.24) is 10.3 Å². The first-order valence-corrected chi connectivity index (χ1v) is 6.64. The van der Waals surface area contributed by atoms with E-state index in [1.165, 1.54) is 12.1 Å². The van der Waals surface area contributed by atoms with Gasteiger partial charge in [0.2, 0.25) is 0 Å². The molecule has 0 bridgehead atoms. The molecular formula is C13H14F2N2S. The number of hydrogen-bond donors (Lipinski definition) is 1. The first kappa shape index (κ1) is 13.1. The maximum atomic E-state index is 13.2. The Morgan fingerprint density at radius 3 is 2.56 bits per heavy atom. The molecule has 0 radical (unpaired) electrons. The van der Waals surface area contributed by atoms with Gasteiger partial charge in [-0.3, -0.25) is 0 Å². The Morgan fingerprint density at radius 1 is 1.28 bits per heavy atom. The maximum absolute atomic E-state index is 13.2. The molecule has 96 valence electrons. The molecule has 2 rings (SSSR count). The Labute approximate surface area is 109 Å². The Morgan fingerprint density at radius 2 is 2.00 bits per heavy atom. The number of likely N-dealkylation sites (N-methyl/N-ethyl adjacent to an activating group) is 1. The van der Waals surface area contributed by atoms with Gasteiger partial charge in [-0.15, -0.1) is 11.3 Å². The van der Waals surface area contributed by atoms with Crippen LogP contribution in [0.5, 0.6) is 0 Å². The number of aromatic nitrogens is 1. The molecule has 1 atom stereocenters. The lowest BCUT2D eigenvalue weighted by molar-refractivity contribution is 0.528. The Hall–Kier alpha value is -1.33. The standard InChI is InChI=1S/C13H14F2N2S/c1-2-16-12(8-13-17-3-4-18-13)9-5-10(14)7-11(15)6-9/h3-7,12,16H,2,8H2,1H3. The van der Waals surface area contributed by atoms with Gasteiger partial charge in [-0.2, -0.15) is 0 Å². The third-order valence-electron chi connectivity index (χ3n) is 2.60. The lowest BCUT2D eigenvalue weighted by Gasteiger charge is -2.17. The van der Waals surface area contributed by atoms with Crippen LogP contribution in [0.15, 0.2) is 29.8 Å².